The van der Waals surface area contributed by atoms with E-state index >= 15 is 0 Å². The van der Waals surface area contributed by atoms with Crippen LogP contribution in [0.3, 0.4) is 0 Å². The van der Waals surface area contributed by atoms with Crippen LogP contribution in [-0.4, -0.2) is 25.9 Å². The topological polar surface area (TPSA) is 67.8 Å². The minimum atomic E-state index is -3.10. The summed E-state index contributed by atoms with van der Waals surface area (Å²) in [6, 6.07) is 7.03. The molecule has 0 aliphatic rings. The predicted molar refractivity (Wildman–Crippen MR) is 66.1 cm³/mol. The molecule has 0 fully saturated rings. The van der Waals surface area contributed by atoms with E-state index in [0.717, 1.165) is 18.4 Å². The molecule has 0 radical (unpaired) electrons. The SMILES string of the molecule is COP(=O)(NCCCc1ccc(O)cc1)OC. The summed E-state index contributed by atoms with van der Waals surface area (Å²) in [4.78, 5) is 0. The number of phenolic OH excluding ortho intramolecular Hbond substituents is 1. The molecule has 0 amide bonds. The Morgan fingerprint density at radius 1 is 1.24 bits per heavy atom. The van der Waals surface area contributed by atoms with Crippen LogP contribution in [0, 0.1) is 0 Å². The number of rotatable bonds is 7. The molecule has 0 atom stereocenters. The largest absolute Gasteiger partial charge is 0.508 e. The van der Waals surface area contributed by atoms with Crippen LogP contribution in [0.4, 0.5) is 0 Å². The van der Waals surface area contributed by atoms with Crippen molar-refractivity contribution >= 4 is 7.75 Å². The van der Waals surface area contributed by atoms with Crippen LogP contribution in [0.15, 0.2) is 24.3 Å². The van der Waals surface area contributed by atoms with Crippen LogP contribution in [-0.2, 0) is 20.0 Å². The third-order valence-electron chi connectivity index (χ3n) is 2.36. The summed E-state index contributed by atoms with van der Waals surface area (Å²) < 4.78 is 21.1. The smallest absolute Gasteiger partial charge is 0.404 e. The standard InChI is InChI=1S/C11H18NO4P/c1-15-17(14,16-2)12-9-3-4-10-5-7-11(13)8-6-10/h5-8,13H,3-4,9H2,1-2H3,(H,12,14). The lowest BCUT2D eigenvalue weighted by atomic mass is 10.1. The number of hydrogen-bond acceptors (Lipinski definition) is 4. The van der Waals surface area contributed by atoms with Crippen molar-refractivity contribution in [1.82, 2.24) is 5.09 Å². The number of aromatic hydroxyl groups is 1. The van der Waals surface area contributed by atoms with Gasteiger partial charge in [0.1, 0.15) is 5.75 Å². The van der Waals surface area contributed by atoms with Gasteiger partial charge in [0.2, 0.25) is 0 Å². The van der Waals surface area contributed by atoms with E-state index in [1.165, 1.54) is 14.2 Å². The Bertz CT molecular complexity index is 372. The zero-order valence-corrected chi connectivity index (χ0v) is 10.9. The summed E-state index contributed by atoms with van der Waals surface area (Å²) in [5, 5.41) is 11.9. The van der Waals surface area contributed by atoms with E-state index in [9.17, 15) is 4.57 Å². The number of hydrogen-bond donors (Lipinski definition) is 2. The van der Waals surface area contributed by atoms with E-state index in [1.54, 1.807) is 12.1 Å². The molecule has 0 heterocycles. The molecule has 0 aliphatic heterocycles. The first-order chi connectivity index (χ1) is 8.09. The van der Waals surface area contributed by atoms with Crippen molar-refractivity contribution in [1.29, 1.82) is 0 Å². The van der Waals surface area contributed by atoms with Crippen molar-refractivity contribution in [2.75, 3.05) is 20.8 Å². The molecular weight excluding hydrogens is 241 g/mol. The molecular formula is C11H18NO4P. The molecule has 1 aromatic carbocycles. The molecule has 2 N–H and O–H groups in total. The van der Waals surface area contributed by atoms with Crippen molar-refractivity contribution in [2.24, 2.45) is 0 Å². The monoisotopic (exact) mass is 259 g/mol. The Morgan fingerprint density at radius 2 is 1.82 bits per heavy atom. The van der Waals surface area contributed by atoms with Crippen molar-refractivity contribution in [2.45, 2.75) is 12.8 Å². The van der Waals surface area contributed by atoms with Gasteiger partial charge >= 0.3 is 7.75 Å². The molecule has 0 spiro atoms. The first-order valence-corrected chi connectivity index (χ1v) is 6.88. The molecule has 0 saturated carbocycles. The predicted octanol–water partition coefficient (Wildman–Crippen LogP) is 2.32. The second-order valence-electron chi connectivity index (χ2n) is 3.54. The maximum Gasteiger partial charge on any atom is 0.404 e. The molecule has 17 heavy (non-hydrogen) atoms. The maximum atomic E-state index is 11.6. The van der Waals surface area contributed by atoms with E-state index in [1.807, 2.05) is 12.1 Å². The Morgan fingerprint density at radius 3 is 2.35 bits per heavy atom. The van der Waals surface area contributed by atoms with Crippen molar-refractivity contribution in [3.63, 3.8) is 0 Å². The van der Waals surface area contributed by atoms with Gasteiger partial charge in [-0.15, -0.1) is 0 Å². The zero-order chi connectivity index (χ0) is 12.7. The molecule has 5 nitrogen and oxygen atoms in total. The molecule has 1 aromatic rings. The van der Waals surface area contributed by atoms with Crippen molar-refractivity contribution in [3.8, 4) is 5.75 Å². The summed E-state index contributed by atoms with van der Waals surface area (Å²) in [7, 11) is -0.411. The van der Waals surface area contributed by atoms with E-state index < -0.39 is 7.75 Å². The number of phenols is 1. The Kier molecular flexibility index (Phi) is 5.65. The third-order valence-corrected chi connectivity index (χ3v) is 3.94. The summed E-state index contributed by atoms with van der Waals surface area (Å²) in [6.45, 7) is 0.542. The molecule has 0 saturated heterocycles. The van der Waals surface area contributed by atoms with Gasteiger partial charge in [0.05, 0.1) is 0 Å². The second kappa shape index (κ2) is 6.77. The maximum absolute atomic E-state index is 11.6. The first-order valence-electron chi connectivity index (χ1n) is 5.34. The van der Waals surface area contributed by atoms with Gasteiger partial charge < -0.3 is 14.2 Å². The van der Waals surface area contributed by atoms with Gasteiger partial charge in [-0.3, -0.25) is 0 Å². The van der Waals surface area contributed by atoms with Gasteiger partial charge in [0.25, 0.3) is 0 Å². The second-order valence-corrected chi connectivity index (χ2v) is 5.58. The quantitative estimate of drug-likeness (QED) is 0.581. The van der Waals surface area contributed by atoms with Crippen LogP contribution in [0.25, 0.3) is 0 Å². The summed E-state index contributed by atoms with van der Waals surface area (Å²) >= 11 is 0. The van der Waals surface area contributed by atoms with E-state index in [4.69, 9.17) is 14.2 Å². The van der Waals surface area contributed by atoms with Crippen LogP contribution in [0.5, 0.6) is 5.75 Å². The van der Waals surface area contributed by atoms with Gasteiger partial charge in [-0.2, -0.15) is 0 Å². The fourth-order valence-electron chi connectivity index (χ4n) is 1.37. The Hall–Kier alpha value is -0.870. The molecule has 0 unspecified atom stereocenters. The normalized spacial score (nSPS) is 11.6. The Balaban J connectivity index is 2.29. The number of benzene rings is 1. The zero-order valence-electron chi connectivity index (χ0n) is 10.0. The molecule has 96 valence electrons. The number of nitrogens with one attached hydrogen (secondary N) is 1. The van der Waals surface area contributed by atoms with Gasteiger partial charge in [0.15, 0.2) is 0 Å². The van der Waals surface area contributed by atoms with Crippen molar-refractivity contribution in [3.05, 3.63) is 29.8 Å². The van der Waals surface area contributed by atoms with Gasteiger partial charge in [-0.05, 0) is 30.5 Å². The first kappa shape index (κ1) is 14.2. The van der Waals surface area contributed by atoms with Gasteiger partial charge in [-0.1, -0.05) is 12.1 Å². The summed E-state index contributed by atoms with van der Waals surface area (Å²) in [6.07, 6.45) is 1.64. The molecule has 0 aromatic heterocycles. The van der Waals surface area contributed by atoms with E-state index in [2.05, 4.69) is 5.09 Å². The minimum absolute atomic E-state index is 0.259. The van der Waals surface area contributed by atoms with Crippen LogP contribution in [0.2, 0.25) is 0 Å². The van der Waals surface area contributed by atoms with Crippen molar-refractivity contribution < 1.29 is 18.7 Å². The fourth-order valence-corrected chi connectivity index (χ4v) is 2.21. The van der Waals surface area contributed by atoms with Crippen LogP contribution < -0.4 is 5.09 Å². The van der Waals surface area contributed by atoms with Crippen LogP contribution >= 0.6 is 7.75 Å². The highest BCUT2D eigenvalue weighted by atomic mass is 31.2. The van der Waals surface area contributed by atoms with Gasteiger partial charge in [0, 0.05) is 20.8 Å². The number of aryl methyl sites for hydroxylation is 1. The molecule has 0 aliphatic carbocycles. The van der Waals surface area contributed by atoms with E-state index in [0.29, 0.717) is 6.54 Å². The lowest BCUT2D eigenvalue weighted by Crippen LogP contribution is -2.14. The molecule has 6 heteroatoms. The minimum Gasteiger partial charge on any atom is -0.508 e. The average Bonchev–Trinajstić information content (AvgIpc) is 2.36. The van der Waals surface area contributed by atoms with Crippen LogP contribution in [0.1, 0.15) is 12.0 Å². The summed E-state index contributed by atoms with van der Waals surface area (Å²) in [5.74, 6) is 0.259. The highest BCUT2D eigenvalue weighted by Crippen LogP contribution is 2.40. The lowest BCUT2D eigenvalue weighted by molar-refractivity contribution is 0.264. The fraction of sp³-hybridized carbons (Fsp3) is 0.455. The summed E-state index contributed by atoms with van der Waals surface area (Å²) in [5.41, 5.74) is 1.12. The molecule has 1 rings (SSSR count). The molecule has 0 bridgehead atoms. The lowest BCUT2D eigenvalue weighted by Gasteiger charge is -2.14. The Labute approximate surface area is 101 Å². The van der Waals surface area contributed by atoms with Gasteiger partial charge in [-0.25, -0.2) is 9.65 Å². The highest BCUT2D eigenvalue weighted by molar-refractivity contribution is 7.51. The highest BCUT2D eigenvalue weighted by Gasteiger charge is 2.18. The third kappa shape index (κ3) is 4.88. The average molecular weight is 259 g/mol. The van der Waals surface area contributed by atoms with E-state index in [-0.39, 0.29) is 5.75 Å².